The van der Waals surface area contributed by atoms with Crippen molar-refractivity contribution >= 4 is 46.4 Å². The van der Waals surface area contributed by atoms with E-state index in [1.165, 1.54) is 12.4 Å². The zero-order valence-corrected chi connectivity index (χ0v) is 18.3. The lowest BCUT2D eigenvalue weighted by molar-refractivity contribution is 0.339. The van der Waals surface area contributed by atoms with Crippen molar-refractivity contribution in [3.63, 3.8) is 0 Å². The Labute approximate surface area is 194 Å². The first kappa shape index (κ1) is 21.0. The van der Waals surface area contributed by atoms with Crippen LogP contribution >= 0.6 is 0 Å². The van der Waals surface area contributed by atoms with E-state index in [1.54, 1.807) is 12.1 Å². The molecule has 0 radical (unpaired) electrons. The molecule has 0 saturated heterocycles. The number of fused-ring (bicyclic) bond motifs is 2. The number of hydrogen-bond donors (Lipinski definition) is 5. The largest absolute Gasteiger partial charge is 0.507 e. The van der Waals surface area contributed by atoms with Crippen molar-refractivity contribution in [2.75, 3.05) is 17.5 Å². The predicted molar refractivity (Wildman–Crippen MR) is 134 cm³/mol. The molecule has 170 valence electrons. The lowest BCUT2D eigenvalue weighted by atomic mass is 10.1. The smallest absolute Gasteiger partial charge is 0.222 e. The van der Waals surface area contributed by atoms with Gasteiger partial charge in [-0.2, -0.15) is 10.2 Å². The van der Waals surface area contributed by atoms with Crippen LogP contribution in [0.3, 0.4) is 0 Å². The Kier molecular flexibility index (Phi) is 5.76. The number of imidazole rings is 2. The van der Waals surface area contributed by atoms with Gasteiger partial charge in [0.15, 0.2) is 0 Å². The minimum atomic E-state index is 0.00812. The Balaban J connectivity index is 1.35. The van der Waals surface area contributed by atoms with Crippen molar-refractivity contribution < 1.29 is 9.84 Å². The molecule has 34 heavy (non-hydrogen) atoms. The maximum atomic E-state index is 10.8. The fraction of sp³-hybridized carbons (Fsp3) is 0.0833. The van der Waals surface area contributed by atoms with Crippen molar-refractivity contribution in [1.82, 2.24) is 19.9 Å². The summed E-state index contributed by atoms with van der Waals surface area (Å²) in [7, 11) is 0. The molecule has 5 rings (SSSR count). The Morgan fingerprint density at radius 2 is 1.35 bits per heavy atom. The predicted octanol–water partition coefficient (Wildman–Crippen LogP) is 4.44. The van der Waals surface area contributed by atoms with Gasteiger partial charge in [0, 0.05) is 11.1 Å². The highest BCUT2D eigenvalue weighted by Crippen LogP contribution is 2.27. The summed E-state index contributed by atoms with van der Waals surface area (Å²) in [6, 6.07) is 18.8. The zero-order valence-electron chi connectivity index (χ0n) is 18.3. The number of para-hydroxylation sites is 4. The van der Waals surface area contributed by atoms with Crippen LogP contribution in [-0.4, -0.2) is 44.1 Å². The zero-order chi connectivity index (χ0) is 23.3. The van der Waals surface area contributed by atoms with Crippen LogP contribution in [0.4, 0.5) is 11.9 Å². The molecule has 0 atom stereocenters. The number of ether oxygens (including phenoxy) is 1. The molecule has 2 heterocycles. The molecule has 0 fully saturated rings. The monoisotopic (exact) mass is 454 g/mol. The van der Waals surface area contributed by atoms with Crippen LogP contribution < -0.4 is 15.6 Å². The molecular formula is C24H22N8O2. The average molecular weight is 454 g/mol. The number of benzene rings is 3. The normalized spacial score (nSPS) is 11.7. The number of H-pyrrole nitrogens is 2. The SMILES string of the molecule is CCOc1cc(/C=N/Nc2nc3ccccc3[nH]2)c(O)c(/C=N/Nc2nc3ccccc3[nH]2)c1. The number of rotatable bonds is 8. The van der Waals surface area contributed by atoms with Gasteiger partial charge in [0.25, 0.3) is 0 Å². The number of phenols is 1. The highest BCUT2D eigenvalue weighted by atomic mass is 16.5. The molecule has 0 unspecified atom stereocenters. The summed E-state index contributed by atoms with van der Waals surface area (Å²) in [5.41, 5.74) is 10.1. The van der Waals surface area contributed by atoms with Gasteiger partial charge in [0.2, 0.25) is 11.9 Å². The number of hydrogen-bond acceptors (Lipinski definition) is 8. The Morgan fingerprint density at radius 3 is 1.82 bits per heavy atom. The van der Waals surface area contributed by atoms with E-state index < -0.39 is 0 Å². The second kappa shape index (κ2) is 9.33. The fourth-order valence-corrected chi connectivity index (χ4v) is 3.44. The molecule has 0 aliphatic carbocycles. The maximum Gasteiger partial charge on any atom is 0.222 e. The van der Waals surface area contributed by atoms with Gasteiger partial charge in [-0.15, -0.1) is 0 Å². The van der Waals surface area contributed by atoms with E-state index in [0.717, 1.165) is 22.1 Å². The maximum absolute atomic E-state index is 10.8. The third kappa shape index (κ3) is 4.51. The summed E-state index contributed by atoms with van der Waals surface area (Å²) in [4.78, 5) is 15.1. The first-order valence-corrected chi connectivity index (χ1v) is 10.7. The average Bonchev–Trinajstić information content (AvgIpc) is 3.45. The van der Waals surface area contributed by atoms with Crippen molar-refractivity contribution in [1.29, 1.82) is 0 Å². The number of hydrazone groups is 2. The molecule has 0 spiro atoms. The summed E-state index contributed by atoms with van der Waals surface area (Å²) in [6.07, 6.45) is 2.99. The lowest BCUT2D eigenvalue weighted by Gasteiger charge is -2.08. The van der Waals surface area contributed by atoms with Gasteiger partial charge in [-0.25, -0.2) is 20.8 Å². The Bertz CT molecular complexity index is 1330. The summed E-state index contributed by atoms with van der Waals surface area (Å²) >= 11 is 0. The highest BCUT2D eigenvalue weighted by Gasteiger charge is 2.09. The summed E-state index contributed by atoms with van der Waals surface area (Å²) < 4.78 is 5.64. The number of aromatic nitrogens is 4. The van der Waals surface area contributed by atoms with Gasteiger partial charge >= 0.3 is 0 Å². The highest BCUT2D eigenvalue weighted by molar-refractivity contribution is 5.93. The number of nitrogens with one attached hydrogen (secondary N) is 4. The van der Waals surface area contributed by atoms with Crippen LogP contribution in [0.25, 0.3) is 22.1 Å². The number of aromatic amines is 2. The van der Waals surface area contributed by atoms with Gasteiger partial charge < -0.3 is 19.8 Å². The molecule has 2 aromatic heterocycles. The molecule has 0 aliphatic rings. The number of aromatic hydroxyl groups is 1. The number of anilines is 2. The van der Waals surface area contributed by atoms with Gasteiger partial charge in [-0.3, -0.25) is 0 Å². The molecule has 0 saturated carbocycles. The molecule has 5 N–H and O–H groups in total. The van der Waals surface area contributed by atoms with E-state index in [9.17, 15) is 5.11 Å². The fourth-order valence-electron chi connectivity index (χ4n) is 3.44. The second-order valence-corrected chi connectivity index (χ2v) is 7.33. The van der Waals surface area contributed by atoms with E-state index in [4.69, 9.17) is 4.74 Å². The summed E-state index contributed by atoms with van der Waals surface area (Å²) in [6.45, 7) is 2.37. The first-order chi connectivity index (χ1) is 16.7. The topological polar surface area (TPSA) is 136 Å². The van der Waals surface area contributed by atoms with Crippen LogP contribution in [0.2, 0.25) is 0 Å². The summed E-state index contributed by atoms with van der Waals surface area (Å²) in [5.74, 6) is 1.58. The van der Waals surface area contributed by atoms with Crippen LogP contribution in [0.1, 0.15) is 18.1 Å². The van der Waals surface area contributed by atoms with E-state index in [-0.39, 0.29) is 5.75 Å². The standard InChI is InChI=1S/C24H22N8O2/c1-2-34-17-11-15(13-25-31-23-27-18-7-3-4-8-19(18)28-23)22(33)16(12-17)14-26-32-24-29-20-9-5-6-10-21(20)30-24/h3-14,33H,2H2,1H3,(H2,27,28,31)(H2,29,30,32)/b25-13+,26-14+. The molecule has 10 heteroatoms. The van der Waals surface area contributed by atoms with Crippen LogP contribution in [0, 0.1) is 0 Å². The lowest BCUT2D eigenvalue weighted by Crippen LogP contribution is -1.99. The van der Waals surface area contributed by atoms with Crippen molar-refractivity contribution in [3.8, 4) is 11.5 Å². The quantitative estimate of drug-likeness (QED) is 0.174. The second-order valence-electron chi connectivity index (χ2n) is 7.33. The molecule has 10 nitrogen and oxygen atoms in total. The molecular weight excluding hydrogens is 432 g/mol. The van der Waals surface area contributed by atoms with Crippen molar-refractivity contribution in [2.45, 2.75) is 6.92 Å². The van der Waals surface area contributed by atoms with Gasteiger partial charge in [0.1, 0.15) is 11.5 Å². The summed E-state index contributed by atoms with van der Waals surface area (Å²) in [5, 5.41) is 19.2. The van der Waals surface area contributed by atoms with Gasteiger partial charge in [-0.05, 0) is 43.3 Å². The first-order valence-electron chi connectivity index (χ1n) is 10.7. The molecule has 0 bridgehead atoms. The Morgan fingerprint density at radius 1 is 0.853 bits per heavy atom. The van der Waals surface area contributed by atoms with Gasteiger partial charge in [0.05, 0.1) is 41.1 Å². The van der Waals surface area contributed by atoms with E-state index in [0.29, 0.717) is 35.4 Å². The van der Waals surface area contributed by atoms with Crippen LogP contribution in [0.15, 0.2) is 70.9 Å². The van der Waals surface area contributed by atoms with Gasteiger partial charge in [-0.1, -0.05) is 24.3 Å². The van der Waals surface area contributed by atoms with Crippen molar-refractivity contribution in [2.24, 2.45) is 10.2 Å². The van der Waals surface area contributed by atoms with Crippen LogP contribution in [-0.2, 0) is 0 Å². The van der Waals surface area contributed by atoms with E-state index in [1.807, 2.05) is 55.5 Å². The van der Waals surface area contributed by atoms with Crippen molar-refractivity contribution in [3.05, 3.63) is 71.8 Å². The minimum Gasteiger partial charge on any atom is -0.507 e. The number of nitrogens with zero attached hydrogens (tertiary/aromatic N) is 4. The molecule has 0 amide bonds. The Hall–Kier alpha value is -4.86. The molecule has 0 aliphatic heterocycles. The minimum absolute atomic E-state index is 0.00812. The third-order valence-corrected chi connectivity index (χ3v) is 4.98. The third-order valence-electron chi connectivity index (χ3n) is 4.98. The van der Waals surface area contributed by atoms with E-state index in [2.05, 4.69) is 41.0 Å². The van der Waals surface area contributed by atoms with E-state index >= 15 is 0 Å². The number of phenolic OH excluding ortho intramolecular Hbond substituents is 1. The van der Waals surface area contributed by atoms with Crippen LogP contribution in [0.5, 0.6) is 11.5 Å². The molecule has 3 aromatic carbocycles. The molecule has 5 aromatic rings.